The molecule has 0 aromatic heterocycles. The molecule has 0 fully saturated rings. The first-order valence-corrected chi connectivity index (χ1v) is 10.3. The molecule has 0 bridgehead atoms. The molecule has 2 rings (SSSR count). The first-order valence-electron chi connectivity index (χ1n) is 8.41. The summed E-state index contributed by atoms with van der Waals surface area (Å²) in [6.07, 6.45) is 0. The molecule has 0 aliphatic rings. The summed E-state index contributed by atoms with van der Waals surface area (Å²) >= 11 is 5.98. The van der Waals surface area contributed by atoms with Crippen molar-refractivity contribution in [2.24, 2.45) is 5.92 Å². The molecule has 1 amide bonds. The first kappa shape index (κ1) is 21.7. The third-order valence-electron chi connectivity index (χ3n) is 3.78. The fourth-order valence-electron chi connectivity index (χ4n) is 2.35. The lowest BCUT2D eigenvalue weighted by Crippen LogP contribution is -2.27. The van der Waals surface area contributed by atoms with Gasteiger partial charge in [-0.2, -0.15) is 0 Å². The number of methoxy groups -OCH3 is 1. The SMILES string of the molecule is COC(=O)c1cc(CNC(=O)C(C)C)cc(NS(=O)(=O)c2ccccc2Cl)c1. The molecule has 28 heavy (non-hydrogen) atoms. The van der Waals surface area contributed by atoms with Gasteiger partial charge in [0.1, 0.15) is 4.90 Å². The van der Waals surface area contributed by atoms with Crippen LogP contribution in [0.25, 0.3) is 0 Å². The number of carbonyl (C=O) groups excluding carboxylic acids is 2. The van der Waals surface area contributed by atoms with E-state index in [4.69, 9.17) is 16.3 Å². The lowest BCUT2D eigenvalue weighted by atomic mass is 10.1. The van der Waals surface area contributed by atoms with Gasteiger partial charge in [-0.05, 0) is 35.9 Å². The van der Waals surface area contributed by atoms with E-state index in [-0.39, 0.29) is 39.5 Å². The highest BCUT2D eigenvalue weighted by Crippen LogP contribution is 2.25. The molecule has 0 saturated heterocycles. The van der Waals surface area contributed by atoms with Crippen molar-refractivity contribution in [2.45, 2.75) is 25.3 Å². The van der Waals surface area contributed by atoms with Crippen LogP contribution in [-0.2, 0) is 26.1 Å². The van der Waals surface area contributed by atoms with Gasteiger partial charge < -0.3 is 10.1 Å². The molecule has 2 aromatic carbocycles. The first-order chi connectivity index (χ1) is 13.1. The summed E-state index contributed by atoms with van der Waals surface area (Å²) in [7, 11) is -2.75. The number of amides is 1. The van der Waals surface area contributed by atoms with E-state index in [9.17, 15) is 18.0 Å². The highest BCUT2D eigenvalue weighted by atomic mass is 35.5. The second-order valence-corrected chi connectivity index (χ2v) is 8.38. The number of carbonyl (C=O) groups is 2. The topological polar surface area (TPSA) is 102 Å². The molecule has 0 radical (unpaired) electrons. The molecule has 0 heterocycles. The Morgan fingerprint density at radius 1 is 1.14 bits per heavy atom. The number of rotatable bonds is 7. The summed E-state index contributed by atoms with van der Waals surface area (Å²) in [5.41, 5.74) is 0.834. The van der Waals surface area contributed by atoms with E-state index < -0.39 is 16.0 Å². The van der Waals surface area contributed by atoms with Crippen molar-refractivity contribution in [1.29, 1.82) is 0 Å². The maximum Gasteiger partial charge on any atom is 0.337 e. The van der Waals surface area contributed by atoms with Gasteiger partial charge in [0, 0.05) is 12.5 Å². The molecular weight excluding hydrogens is 404 g/mol. The Labute approximate surface area is 169 Å². The molecule has 150 valence electrons. The van der Waals surface area contributed by atoms with Crippen LogP contribution in [-0.4, -0.2) is 27.4 Å². The molecular formula is C19H21ClN2O5S. The third kappa shape index (κ3) is 5.46. The highest BCUT2D eigenvalue weighted by molar-refractivity contribution is 7.92. The van der Waals surface area contributed by atoms with Crippen LogP contribution < -0.4 is 10.0 Å². The minimum Gasteiger partial charge on any atom is -0.465 e. The molecule has 0 aliphatic carbocycles. The normalized spacial score (nSPS) is 11.2. The standard InChI is InChI=1S/C19H21ClN2O5S/c1-12(2)18(23)21-11-13-8-14(19(24)27-3)10-15(9-13)22-28(25,26)17-7-5-4-6-16(17)20/h4-10,12,22H,11H2,1-3H3,(H,21,23). The Morgan fingerprint density at radius 2 is 1.82 bits per heavy atom. The van der Waals surface area contributed by atoms with Crippen LogP contribution >= 0.6 is 11.6 Å². The Bertz CT molecular complexity index is 990. The minimum absolute atomic E-state index is 0.0727. The van der Waals surface area contributed by atoms with Gasteiger partial charge in [-0.25, -0.2) is 13.2 Å². The molecule has 0 atom stereocenters. The van der Waals surface area contributed by atoms with Crippen molar-refractivity contribution in [3.8, 4) is 0 Å². The van der Waals surface area contributed by atoms with Crippen LogP contribution in [0.5, 0.6) is 0 Å². The number of esters is 1. The molecule has 0 saturated carbocycles. The fraction of sp³-hybridized carbons (Fsp3) is 0.263. The summed E-state index contributed by atoms with van der Waals surface area (Å²) in [5, 5.41) is 2.80. The maximum absolute atomic E-state index is 12.7. The number of hydrogen-bond donors (Lipinski definition) is 2. The van der Waals surface area contributed by atoms with Gasteiger partial charge in [-0.15, -0.1) is 0 Å². The van der Waals surface area contributed by atoms with E-state index in [0.717, 1.165) is 0 Å². The van der Waals surface area contributed by atoms with Crippen LogP contribution in [0.2, 0.25) is 5.02 Å². The van der Waals surface area contributed by atoms with Crippen molar-refractivity contribution in [3.63, 3.8) is 0 Å². The zero-order valence-electron chi connectivity index (χ0n) is 15.7. The van der Waals surface area contributed by atoms with Crippen molar-refractivity contribution >= 4 is 39.2 Å². The van der Waals surface area contributed by atoms with Crippen LogP contribution in [0, 0.1) is 5.92 Å². The zero-order valence-corrected chi connectivity index (χ0v) is 17.2. The summed E-state index contributed by atoms with van der Waals surface area (Å²) in [6, 6.07) is 10.4. The largest absolute Gasteiger partial charge is 0.465 e. The van der Waals surface area contributed by atoms with Gasteiger partial charge in [-0.1, -0.05) is 37.6 Å². The van der Waals surface area contributed by atoms with E-state index in [0.29, 0.717) is 5.56 Å². The van der Waals surface area contributed by atoms with Crippen molar-refractivity contribution < 1.29 is 22.7 Å². The summed E-state index contributed by atoms with van der Waals surface area (Å²) in [4.78, 5) is 23.7. The summed E-state index contributed by atoms with van der Waals surface area (Å²) < 4.78 is 32.4. The van der Waals surface area contributed by atoms with Crippen LogP contribution in [0.3, 0.4) is 0 Å². The molecule has 0 aliphatic heterocycles. The Kier molecular flexibility index (Phi) is 7.04. The number of ether oxygens (including phenoxy) is 1. The zero-order chi connectivity index (χ0) is 20.9. The van der Waals surface area contributed by atoms with Gasteiger partial charge in [0.2, 0.25) is 5.91 Å². The van der Waals surface area contributed by atoms with Crippen LogP contribution in [0.1, 0.15) is 29.8 Å². The average Bonchev–Trinajstić information content (AvgIpc) is 2.64. The molecule has 2 N–H and O–H groups in total. The third-order valence-corrected chi connectivity index (χ3v) is 5.66. The Balaban J connectivity index is 2.37. The predicted molar refractivity (Wildman–Crippen MR) is 107 cm³/mol. The Hall–Kier alpha value is -2.58. The van der Waals surface area contributed by atoms with Gasteiger partial charge in [-0.3, -0.25) is 9.52 Å². The number of nitrogens with one attached hydrogen (secondary N) is 2. The second kappa shape index (κ2) is 9.07. The quantitative estimate of drug-likeness (QED) is 0.664. The van der Waals surface area contributed by atoms with Crippen molar-refractivity contribution in [1.82, 2.24) is 5.32 Å². The fourth-order valence-corrected chi connectivity index (χ4v) is 3.92. The maximum atomic E-state index is 12.7. The predicted octanol–water partition coefficient (Wildman–Crippen LogP) is 3.20. The minimum atomic E-state index is -3.98. The van der Waals surface area contributed by atoms with E-state index >= 15 is 0 Å². The van der Waals surface area contributed by atoms with Crippen molar-refractivity contribution in [2.75, 3.05) is 11.8 Å². The van der Waals surface area contributed by atoms with Crippen molar-refractivity contribution in [3.05, 3.63) is 58.6 Å². The van der Waals surface area contributed by atoms with Gasteiger partial charge in [0.05, 0.1) is 23.4 Å². The van der Waals surface area contributed by atoms with Gasteiger partial charge >= 0.3 is 5.97 Å². The lowest BCUT2D eigenvalue weighted by molar-refractivity contribution is -0.124. The van der Waals surface area contributed by atoms with E-state index in [1.54, 1.807) is 26.0 Å². The smallest absolute Gasteiger partial charge is 0.337 e. The monoisotopic (exact) mass is 424 g/mol. The Morgan fingerprint density at radius 3 is 2.43 bits per heavy atom. The van der Waals surface area contributed by atoms with E-state index in [2.05, 4.69) is 10.0 Å². The summed E-state index contributed by atoms with van der Waals surface area (Å²) in [5.74, 6) is -1.00. The molecule has 0 spiro atoms. The van der Waals surface area contributed by atoms with Gasteiger partial charge in [0.15, 0.2) is 0 Å². The number of halogens is 1. The summed E-state index contributed by atoms with van der Waals surface area (Å²) in [6.45, 7) is 3.63. The van der Waals surface area contributed by atoms with Gasteiger partial charge in [0.25, 0.3) is 10.0 Å². The number of sulfonamides is 1. The molecule has 0 unspecified atom stereocenters. The van der Waals surface area contributed by atoms with E-state index in [1.807, 2.05) is 0 Å². The highest BCUT2D eigenvalue weighted by Gasteiger charge is 2.19. The molecule has 7 nitrogen and oxygen atoms in total. The number of hydrogen-bond acceptors (Lipinski definition) is 5. The number of anilines is 1. The van der Waals surface area contributed by atoms with Crippen LogP contribution in [0.4, 0.5) is 5.69 Å². The number of benzene rings is 2. The second-order valence-electron chi connectivity index (χ2n) is 6.32. The molecule has 2 aromatic rings. The average molecular weight is 425 g/mol. The molecule has 9 heteroatoms. The van der Waals surface area contributed by atoms with Crippen LogP contribution in [0.15, 0.2) is 47.4 Å². The van der Waals surface area contributed by atoms with E-state index in [1.165, 1.54) is 37.4 Å². The lowest BCUT2D eigenvalue weighted by Gasteiger charge is -2.13.